The number of nitrogens with zero attached hydrogens (tertiary/aromatic N) is 1. The van der Waals surface area contributed by atoms with Crippen LogP contribution in [0.25, 0.3) is 0 Å². The molecule has 1 fully saturated rings. The minimum absolute atomic E-state index is 0.0413. The van der Waals surface area contributed by atoms with Crippen molar-refractivity contribution < 1.29 is 14.2 Å². The van der Waals surface area contributed by atoms with Crippen molar-refractivity contribution in [3.8, 4) is 0 Å². The molecule has 1 aliphatic rings. The maximum absolute atomic E-state index is 11.0. The van der Waals surface area contributed by atoms with Gasteiger partial charge in [-0.2, -0.15) is 0 Å². The van der Waals surface area contributed by atoms with E-state index >= 15 is 0 Å². The average Bonchev–Trinajstić information content (AvgIpc) is 2.59. The van der Waals surface area contributed by atoms with E-state index in [-0.39, 0.29) is 5.69 Å². The van der Waals surface area contributed by atoms with Gasteiger partial charge in [-0.3, -0.25) is 10.1 Å². The highest BCUT2D eigenvalue weighted by Crippen LogP contribution is 2.36. The quantitative estimate of drug-likeness (QED) is 0.518. The van der Waals surface area contributed by atoms with Crippen molar-refractivity contribution in [3.05, 3.63) is 33.9 Å². The van der Waals surface area contributed by atoms with E-state index in [0.717, 1.165) is 5.56 Å². The Hall–Kier alpha value is -1.44. The predicted octanol–water partition coefficient (Wildman–Crippen LogP) is 1.61. The molecule has 21 heavy (non-hydrogen) atoms. The van der Waals surface area contributed by atoms with Crippen LogP contribution in [0.3, 0.4) is 0 Å². The number of hydrogen-bond acceptors (Lipinski definition) is 5. The first kappa shape index (κ1) is 15.9. The molecular weight excluding hydrogens is 271 g/mol. The van der Waals surface area contributed by atoms with Crippen molar-refractivity contribution in [1.82, 2.24) is 5.32 Å². The molecule has 7 heteroatoms. The Morgan fingerprint density at radius 3 is 2.29 bits per heavy atom. The van der Waals surface area contributed by atoms with Crippen LogP contribution in [0, 0.1) is 10.1 Å². The minimum atomic E-state index is -0.599. The molecule has 0 aromatic heterocycles. The fourth-order valence-corrected chi connectivity index (χ4v) is 2.24. The molecule has 1 aromatic rings. The first-order valence-electron chi connectivity index (χ1n) is 6.95. The molecule has 1 saturated heterocycles. The normalized spacial score (nSPS) is 19.8. The van der Waals surface area contributed by atoms with Crippen LogP contribution >= 0.6 is 0 Å². The van der Waals surface area contributed by atoms with E-state index in [2.05, 4.69) is 5.32 Å². The van der Waals surface area contributed by atoms with Gasteiger partial charge in [0.05, 0.1) is 16.1 Å². The summed E-state index contributed by atoms with van der Waals surface area (Å²) in [7, 11) is 1.23. The Morgan fingerprint density at radius 1 is 1.24 bits per heavy atom. The highest BCUT2D eigenvalue weighted by Gasteiger charge is 2.52. The zero-order chi connectivity index (χ0) is 15.8. The van der Waals surface area contributed by atoms with E-state index in [1.54, 1.807) is 6.07 Å². The first-order chi connectivity index (χ1) is 9.68. The molecule has 1 aromatic carbocycles. The lowest BCUT2D eigenvalue weighted by atomic mass is 9.75. The lowest BCUT2D eigenvalue weighted by Crippen LogP contribution is -2.41. The summed E-state index contributed by atoms with van der Waals surface area (Å²) >= 11 is 0. The van der Waals surface area contributed by atoms with Gasteiger partial charge in [-0.1, -0.05) is 6.07 Å². The third-order valence-electron chi connectivity index (χ3n) is 4.21. The van der Waals surface area contributed by atoms with Crippen molar-refractivity contribution in [2.24, 2.45) is 0 Å². The van der Waals surface area contributed by atoms with Crippen LogP contribution in [-0.2, 0) is 15.9 Å². The van der Waals surface area contributed by atoms with Gasteiger partial charge in [0.1, 0.15) is 0 Å². The van der Waals surface area contributed by atoms with Crippen LogP contribution in [-0.4, -0.2) is 30.3 Å². The fraction of sp³-hybridized carbons (Fsp3) is 0.571. The molecule has 0 bridgehead atoms. The van der Waals surface area contributed by atoms with E-state index < -0.39 is 23.2 Å². The van der Waals surface area contributed by atoms with Gasteiger partial charge < -0.3 is 14.6 Å². The summed E-state index contributed by atoms with van der Waals surface area (Å²) in [5.74, 6) is 0. The van der Waals surface area contributed by atoms with Gasteiger partial charge in [0.25, 0.3) is 5.69 Å². The molecule has 1 N–H and O–H groups in total. The van der Waals surface area contributed by atoms with Crippen LogP contribution in [0.2, 0.25) is 0 Å². The second-order valence-electron chi connectivity index (χ2n) is 6.26. The van der Waals surface area contributed by atoms with E-state index in [0.29, 0.717) is 12.0 Å². The summed E-state index contributed by atoms with van der Waals surface area (Å²) in [6, 6.07) is 4.78. The summed E-state index contributed by atoms with van der Waals surface area (Å²) in [5, 5.41) is 14.1. The number of rotatable bonds is 4. The van der Waals surface area contributed by atoms with Crippen molar-refractivity contribution in [2.75, 3.05) is 7.05 Å². The molecular formula is C14H21BN2O4. The number of nitro groups is 1. The maximum atomic E-state index is 11.0. The Labute approximate surface area is 125 Å². The van der Waals surface area contributed by atoms with Crippen molar-refractivity contribution >= 4 is 18.3 Å². The molecule has 0 spiro atoms. The predicted molar refractivity (Wildman–Crippen MR) is 81.6 cm³/mol. The molecule has 6 nitrogen and oxygen atoms in total. The van der Waals surface area contributed by atoms with Crippen molar-refractivity contribution in [1.29, 1.82) is 0 Å². The molecule has 0 radical (unpaired) electrons. The molecule has 0 aliphatic carbocycles. The fourth-order valence-electron chi connectivity index (χ4n) is 2.24. The van der Waals surface area contributed by atoms with E-state index in [1.165, 1.54) is 12.1 Å². The van der Waals surface area contributed by atoms with Gasteiger partial charge in [-0.15, -0.1) is 0 Å². The minimum Gasteiger partial charge on any atom is -0.399 e. The van der Waals surface area contributed by atoms with Crippen LogP contribution in [0.4, 0.5) is 5.69 Å². The monoisotopic (exact) mass is 292 g/mol. The number of benzene rings is 1. The Balaban J connectivity index is 2.42. The first-order valence-corrected chi connectivity index (χ1v) is 6.95. The van der Waals surface area contributed by atoms with E-state index in [1.807, 2.05) is 34.7 Å². The van der Waals surface area contributed by atoms with Crippen LogP contribution < -0.4 is 10.8 Å². The maximum Gasteiger partial charge on any atom is 0.495 e. The van der Waals surface area contributed by atoms with Crippen molar-refractivity contribution in [3.63, 3.8) is 0 Å². The van der Waals surface area contributed by atoms with E-state index in [4.69, 9.17) is 9.31 Å². The average molecular weight is 292 g/mol. The molecule has 1 aliphatic heterocycles. The molecule has 0 amide bonds. The van der Waals surface area contributed by atoms with Gasteiger partial charge in [-0.05, 0) is 45.8 Å². The summed E-state index contributed by atoms with van der Waals surface area (Å²) < 4.78 is 12.0. The second kappa shape index (κ2) is 5.40. The highest BCUT2D eigenvalue weighted by atomic mass is 16.7. The number of non-ortho nitro benzene ring substituents is 1. The molecule has 114 valence electrons. The molecule has 0 saturated carbocycles. The zero-order valence-electron chi connectivity index (χ0n) is 13.1. The zero-order valence-corrected chi connectivity index (χ0v) is 13.1. The number of nitro benzene ring substituents is 1. The standard InChI is InChI=1S/C14H21BN2O4/c1-13(2)14(3,4)21-15(20-13)12-8-11(17(18)19)7-6-10(12)9-16-5/h6-8,16H,9H2,1-5H3. The van der Waals surface area contributed by atoms with Gasteiger partial charge in [0.15, 0.2) is 0 Å². The van der Waals surface area contributed by atoms with Crippen LogP contribution in [0.1, 0.15) is 33.3 Å². The number of hydrogen-bond donors (Lipinski definition) is 1. The summed E-state index contributed by atoms with van der Waals surface area (Å²) in [6.07, 6.45) is 0. The molecule has 0 unspecified atom stereocenters. The smallest absolute Gasteiger partial charge is 0.399 e. The third-order valence-corrected chi connectivity index (χ3v) is 4.21. The van der Waals surface area contributed by atoms with Gasteiger partial charge in [0.2, 0.25) is 0 Å². The Kier molecular flexibility index (Phi) is 4.10. The largest absolute Gasteiger partial charge is 0.495 e. The van der Waals surface area contributed by atoms with Crippen LogP contribution in [0.15, 0.2) is 18.2 Å². The summed E-state index contributed by atoms with van der Waals surface area (Å²) in [4.78, 5) is 10.6. The highest BCUT2D eigenvalue weighted by molar-refractivity contribution is 6.62. The molecule has 0 atom stereocenters. The van der Waals surface area contributed by atoms with Crippen molar-refractivity contribution in [2.45, 2.75) is 45.4 Å². The molecule has 2 rings (SSSR count). The van der Waals surface area contributed by atoms with Gasteiger partial charge in [0, 0.05) is 18.7 Å². The summed E-state index contributed by atoms with van der Waals surface area (Å²) in [5.41, 5.74) is 0.733. The van der Waals surface area contributed by atoms with Gasteiger partial charge >= 0.3 is 7.12 Å². The Bertz CT molecular complexity index is 544. The van der Waals surface area contributed by atoms with Gasteiger partial charge in [-0.25, -0.2) is 0 Å². The van der Waals surface area contributed by atoms with Crippen LogP contribution in [0.5, 0.6) is 0 Å². The lowest BCUT2D eigenvalue weighted by molar-refractivity contribution is -0.384. The topological polar surface area (TPSA) is 73.6 Å². The van der Waals surface area contributed by atoms with E-state index in [9.17, 15) is 10.1 Å². The Morgan fingerprint density at radius 2 is 1.81 bits per heavy atom. The number of nitrogens with one attached hydrogen (secondary N) is 1. The SMILES string of the molecule is CNCc1ccc([N+](=O)[O-])cc1B1OC(C)(C)C(C)(C)O1. The summed E-state index contributed by atoms with van der Waals surface area (Å²) in [6.45, 7) is 8.44. The third kappa shape index (κ3) is 2.95. The lowest BCUT2D eigenvalue weighted by Gasteiger charge is -2.32. The molecule has 1 heterocycles. The second-order valence-corrected chi connectivity index (χ2v) is 6.26.